The normalized spacial score (nSPS) is 13.2. The zero-order valence-corrected chi connectivity index (χ0v) is 14.4. The summed E-state index contributed by atoms with van der Waals surface area (Å²) in [6.45, 7) is 13.4. The van der Waals surface area contributed by atoms with Gasteiger partial charge in [-0.25, -0.2) is 0 Å². The quantitative estimate of drug-likeness (QED) is 0.593. The third kappa shape index (κ3) is 5.77. The fourth-order valence-corrected chi connectivity index (χ4v) is 2.14. The lowest BCUT2D eigenvalue weighted by molar-refractivity contribution is 0.863. The molecule has 1 aromatic carbocycles. The molecule has 0 bridgehead atoms. The maximum absolute atomic E-state index is 3.97. The van der Waals surface area contributed by atoms with E-state index in [4.69, 9.17) is 0 Å². The molecule has 1 N–H and O–H groups in total. The van der Waals surface area contributed by atoms with Crippen molar-refractivity contribution in [3.05, 3.63) is 83.1 Å². The summed E-state index contributed by atoms with van der Waals surface area (Å²) < 4.78 is 0. The van der Waals surface area contributed by atoms with Gasteiger partial charge in [0.05, 0.1) is 0 Å². The summed E-state index contributed by atoms with van der Waals surface area (Å²) in [6, 6.07) is 8.61. The van der Waals surface area contributed by atoms with Gasteiger partial charge in [-0.2, -0.15) is 0 Å². The number of rotatable bonds is 8. The molecule has 22 heavy (non-hydrogen) atoms. The molecule has 0 aliphatic rings. The van der Waals surface area contributed by atoms with Gasteiger partial charge >= 0.3 is 0 Å². The van der Waals surface area contributed by atoms with Crippen molar-refractivity contribution in [3.8, 4) is 0 Å². The van der Waals surface area contributed by atoms with Gasteiger partial charge in [-0.1, -0.05) is 74.1 Å². The number of aryl methyl sites for hydroxylation is 1. The van der Waals surface area contributed by atoms with E-state index in [2.05, 4.69) is 82.2 Å². The van der Waals surface area contributed by atoms with Crippen molar-refractivity contribution in [2.24, 2.45) is 0 Å². The number of hydrogen-bond donors (Lipinski definition) is 1. The number of hydrogen-bond acceptors (Lipinski definition) is 1. The Morgan fingerprint density at radius 2 is 1.86 bits per heavy atom. The summed E-state index contributed by atoms with van der Waals surface area (Å²) in [6.07, 6.45) is 10.5. The highest BCUT2D eigenvalue weighted by atomic mass is 14.8. The van der Waals surface area contributed by atoms with Crippen LogP contribution in [0.3, 0.4) is 0 Å². The summed E-state index contributed by atoms with van der Waals surface area (Å²) in [4.78, 5) is 0. The zero-order chi connectivity index (χ0) is 16.4. The molecule has 0 saturated heterocycles. The molecule has 0 spiro atoms. The molecule has 0 aromatic heterocycles. The van der Waals surface area contributed by atoms with Gasteiger partial charge in [0.15, 0.2) is 0 Å². The van der Waals surface area contributed by atoms with E-state index in [0.29, 0.717) is 0 Å². The van der Waals surface area contributed by atoms with Crippen LogP contribution < -0.4 is 5.32 Å². The fraction of sp³-hybridized carbons (Fsp3) is 0.333. The second-order valence-electron chi connectivity index (χ2n) is 5.53. The largest absolute Gasteiger partial charge is 0.386 e. The molecule has 0 atom stereocenters. The molecule has 118 valence electrons. The Morgan fingerprint density at radius 1 is 1.18 bits per heavy atom. The summed E-state index contributed by atoms with van der Waals surface area (Å²) in [5.41, 5.74) is 6.38. The Morgan fingerprint density at radius 3 is 2.41 bits per heavy atom. The first-order valence-corrected chi connectivity index (χ1v) is 8.10. The van der Waals surface area contributed by atoms with Gasteiger partial charge in [0.25, 0.3) is 0 Å². The van der Waals surface area contributed by atoms with Crippen LogP contribution in [0.25, 0.3) is 0 Å². The van der Waals surface area contributed by atoms with Crippen LogP contribution in [-0.4, -0.2) is 0 Å². The molecule has 0 fully saturated rings. The summed E-state index contributed by atoms with van der Waals surface area (Å²) in [5, 5.41) is 3.41. The van der Waals surface area contributed by atoms with E-state index in [1.165, 1.54) is 22.3 Å². The Labute approximate surface area is 136 Å². The number of nitrogens with one attached hydrogen (secondary N) is 1. The summed E-state index contributed by atoms with van der Waals surface area (Å²) in [5.74, 6) is 0. The Balaban J connectivity index is 2.85. The molecule has 0 saturated carbocycles. The van der Waals surface area contributed by atoms with Crippen molar-refractivity contribution in [3.63, 3.8) is 0 Å². The summed E-state index contributed by atoms with van der Waals surface area (Å²) in [7, 11) is 0. The van der Waals surface area contributed by atoms with Gasteiger partial charge in [0.1, 0.15) is 0 Å². The van der Waals surface area contributed by atoms with Crippen molar-refractivity contribution >= 4 is 0 Å². The lowest BCUT2D eigenvalue weighted by Crippen LogP contribution is -2.06. The van der Waals surface area contributed by atoms with Gasteiger partial charge in [0, 0.05) is 12.7 Å². The zero-order valence-electron chi connectivity index (χ0n) is 14.4. The van der Waals surface area contributed by atoms with E-state index < -0.39 is 0 Å². The third-order valence-electron chi connectivity index (χ3n) is 3.73. The first kappa shape index (κ1) is 18.0. The van der Waals surface area contributed by atoms with Gasteiger partial charge < -0.3 is 5.32 Å². The highest BCUT2D eigenvalue weighted by Gasteiger charge is 2.02. The molecule has 1 nitrogen and oxygen atoms in total. The molecule has 0 amide bonds. The van der Waals surface area contributed by atoms with E-state index in [0.717, 1.165) is 25.0 Å². The lowest BCUT2D eigenvalue weighted by atomic mass is 9.99. The van der Waals surface area contributed by atoms with Crippen LogP contribution in [0.1, 0.15) is 44.7 Å². The number of benzene rings is 1. The topological polar surface area (TPSA) is 12.0 Å². The van der Waals surface area contributed by atoms with Gasteiger partial charge in [0.2, 0.25) is 0 Å². The van der Waals surface area contributed by atoms with Crippen LogP contribution in [-0.2, 0) is 6.54 Å². The molecule has 1 rings (SSSR count). The van der Waals surface area contributed by atoms with Crippen molar-refractivity contribution < 1.29 is 0 Å². The first-order valence-electron chi connectivity index (χ1n) is 8.10. The Kier molecular flexibility index (Phi) is 8.06. The van der Waals surface area contributed by atoms with Crippen LogP contribution in [0.2, 0.25) is 0 Å². The van der Waals surface area contributed by atoms with Crippen LogP contribution in [0.5, 0.6) is 0 Å². The van der Waals surface area contributed by atoms with Gasteiger partial charge in [-0.05, 0) is 43.4 Å². The maximum Gasteiger partial charge on any atom is 0.0395 e. The monoisotopic (exact) mass is 295 g/mol. The minimum Gasteiger partial charge on any atom is -0.386 e. The van der Waals surface area contributed by atoms with Gasteiger partial charge in [-0.15, -0.1) is 0 Å². The predicted molar refractivity (Wildman–Crippen MR) is 98.7 cm³/mol. The second-order valence-corrected chi connectivity index (χ2v) is 5.53. The standard InChI is InChI=1S/C21H29N/c1-6-9-10-21(18(5)7-2)20(8-3)16-22-15-19-13-11-17(4)12-14-19/h8-14,16,22H,3,6-7,15H2,1-2,4-5H3/b10-9-,20-16-,21-18-. The average Bonchev–Trinajstić information content (AvgIpc) is 2.54. The molecule has 0 unspecified atom stereocenters. The van der Waals surface area contributed by atoms with Crippen molar-refractivity contribution in [2.75, 3.05) is 0 Å². The van der Waals surface area contributed by atoms with E-state index in [-0.39, 0.29) is 0 Å². The van der Waals surface area contributed by atoms with E-state index in [1.807, 2.05) is 6.08 Å². The van der Waals surface area contributed by atoms with Crippen LogP contribution in [0.15, 0.2) is 72.0 Å². The van der Waals surface area contributed by atoms with Gasteiger partial charge in [-0.3, -0.25) is 0 Å². The lowest BCUT2D eigenvalue weighted by Gasteiger charge is -2.10. The Hall–Kier alpha value is -2.02. The van der Waals surface area contributed by atoms with E-state index in [9.17, 15) is 0 Å². The smallest absolute Gasteiger partial charge is 0.0395 e. The van der Waals surface area contributed by atoms with Crippen LogP contribution in [0.4, 0.5) is 0 Å². The van der Waals surface area contributed by atoms with E-state index in [1.54, 1.807) is 0 Å². The molecule has 1 heteroatoms. The van der Waals surface area contributed by atoms with Crippen LogP contribution >= 0.6 is 0 Å². The molecule has 0 aliphatic heterocycles. The highest BCUT2D eigenvalue weighted by molar-refractivity contribution is 5.48. The molecular formula is C21H29N. The molecule has 0 radical (unpaired) electrons. The van der Waals surface area contributed by atoms with Crippen molar-refractivity contribution in [1.82, 2.24) is 5.32 Å². The van der Waals surface area contributed by atoms with Crippen molar-refractivity contribution in [2.45, 2.75) is 47.1 Å². The molecular weight excluding hydrogens is 266 g/mol. The first-order chi connectivity index (χ1) is 10.6. The molecule has 1 aromatic rings. The maximum atomic E-state index is 3.97. The Bertz CT molecular complexity index is 556. The highest BCUT2D eigenvalue weighted by Crippen LogP contribution is 2.19. The molecule has 0 aliphatic carbocycles. The van der Waals surface area contributed by atoms with Crippen molar-refractivity contribution in [1.29, 1.82) is 0 Å². The average molecular weight is 295 g/mol. The second kappa shape index (κ2) is 9.83. The predicted octanol–water partition coefficient (Wildman–Crippen LogP) is 5.85. The minimum absolute atomic E-state index is 0.827. The SMILES string of the molecule is C=CC(=C/NCc1ccc(C)cc1)/C(/C=C\CC)=C(/C)CC. The fourth-order valence-electron chi connectivity index (χ4n) is 2.14. The van der Waals surface area contributed by atoms with Crippen LogP contribution in [0, 0.1) is 6.92 Å². The molecule has 0 heterocycles. The summed E-state index contributed by atoms with van der Waals surface area (Å²) >= 11 is 0. The minimum atomic E-state index is 0.827. The number of allylic oxidation sites excluding steroid dienone is 6. The third-order valence-corrected chi connectivity index (χ3v) is 3.73. The van der Waals surface area contributed by atoms with E-state index >= 15 is 0 Å².